The minimum Gasteiger partial charge on any atom is -0.353 e. The van der Waals surface area contributed by atoms with E-state index in [-0.39, 0.29) is 5.91 Å². The van der Waals surface area contributed by atoms with Crippen LogP contribution >= 0.6 is 23.1 Å². The molecule has 1 fully saturated rings. The number of amides is 1. The zero-order valence-corrected chi connectivity index (χ0v) is 13.1. The van der Waals surface area contributed by atoms with E-state index in [1.807, 2.05) is 17.5 Å². The van der Waals surface area contributed by atoms with Gasteiger partial charge in [0, 0.05) is 6.04 Å². The molecule has 3 N–H and O–H groups in total. The maximum Gasteiger partial charge on any atom is 0.230 e. The smallest absolute Gasteiger partial charge is 0.230 e. The monoisotopic (exact) mass is 323 g/mol. The van der Waals surface area contributed by atoms with Crippen molar-refractivity contribution in [2.24, 2.45) is 0 Å². The Morgan fingerprint density at radius 1 is 1.48 bits per heavy atom. The molecule has 1 aliphatic carbocycles. The van der Waals surface area contributed by atoms with Gasteiger partial charge in [-0.05, 0) is 24.3 Å². The van der Waals surface area contributed by atoms with Gasteiger partial charge < -0.3 is 11.2 Å². The zero-order valence-electron chi connectivity index (χ0n) is 11.5. The highest BCUT2D eigenvalue weighted by atomic mass is 32.2. The number of hydrogen-bond donors (Lipinski definition) is 2. The Morgan fingerprint density at radius 2 is 2.29 bits per heavy atom. The highest BCUT2D eigenvalue weighted by Crippen LogP contribution is 2.25. The van der Waals surface area contributed by atoms with Crippen LogP contribution in [0.15, 0.2) is 22.7 Å². The second-order valence-corrected chi connectivity index (χ2v) is 6.88. The zero-order chi connectivity index (χ0) is 14.7. The summed E-state index contributed by atoms with van der Waals surface area (Å²) in [6.07, 6.45) is 4.59. The normalized spacial score (nSPS) is 15.4. The standard InChI is InChI=1S/C13H17N5OS2/c14-18-12(10-6-3-7-20-10)16-17-13(18)21-8-11(19)15-9-4-1-2-5-9/h3,6-7,9H,1-2,4-5,8,14H2,(H,15,19). The molecule has 0 unspecified atom stereocenters. The Kier molecular flexibility index (Phi) is 4.45. The number of nitrogens with zero attached hydrogens (tertiary/aromatic N) is 3. The number of carbonyl (C=O) groups is 1. The van der Waals surface area contributed by atoms with Crippen LogP contribution < -0.4 is 11.2 Å². The molecule has 1 saturated carbocycles. The second kappa shape index (κ2) is 6.48. The van der Waals surface area contributed by atoms with Gasteiger partial charge in [0.25, 0.3) is 0 Å². The summed E-state index contributed by atoms with van der Waals surface area (Å²) < 4.78 is 1.44. The fourth-order valence-corrected chi connectivity index (χ4v) is 3.79. The molecule has 0 atom stereocenters. The Morgan fingerprint density at radius 3 is 3.00 bits per heavy atom. The first kappa shape index (κ1) is 14.4. The van der Waals surface area contributed by atoms with Crippen molar-refractivity contribution in [3.63, 3.8) is 0 Å². The second-order valence-electron chi connectivity index (χ2n) is 4.99. The first-order valence-electron chi connectivity index (χ1n) is 6.90. The Balaban J connectivity index is 1.57. The van der Waals surface area contributed by atoms with Crippen molar-refractivity contribution in [3.05, 3.63) is 17.5 Å². The van der Waals surface area contributed by atoms with Crippen molar-refractivity contribution in [1.29, 1.82) is 0 Å². The summed E-state index contributed by atoms with van der Waals surface area (Å²) in [5, 5.41) is 13.7. The molecule has 0 spiro atoms. The molecule has 112 valence electrons. The van der Waals surface area contributed by atoms with E-state index in [0.29, 0.717) is 22.8 Å². The molecule has 2 heterocycles. The van der Waals surface area contributed by atoms with E-state index in [0.717, 1.165) is 17.7 Å². The van der Waals surface area contributed by atoms with Crippen molar-refractivity contribution < 1.29 is 4.79 Å². The number of nitrogens with two attached hydrogens (primary N) is 1. The fraction of sp³-hybridized carbons (Fsp3) is 0.462. The molecular formula is C13H17N5OS2. The van der Waals surface area contributed by atoms with Gasteiger partial charge in [0.15, 0.2) is 5.82 Å². The average Bonchev–Trinajstić information content (AvgIpc) is 3.18. The van der Waals surface area contributed by atoms with Crippen LogP contribution in [0.25, 0.3) is 10.7 Å². The molecule has 0 aliphatic heterocycles. The Labute approximate surface area is 131 Å². The minimum absolute atomic E-state index is 0.0348. The number of nitrogen functional groups attached to an aromatic ring is 1. The number of rotatable bonds is 5. The molecule has 2 aromatic heterocycles. The molecule has 2 aromatic rings. The molecule has 0 aromatic carbocycles. The molecule has 0 bridgehead atoms. The largest absolute Gasteiger partial charge is 0.353 e. The van der Waals surface area contributed by atoms with Crippen molar-refractivity contribution >= 4 is 29.0 Å². The SMILES string of the molecule is Nn1c(SCC(=O)NC2CCCC2)nnc1-c1cccs1. The van der Waals surface area contributed by atoms with Crippen LogP contribution in [0.2, 0.25) is 0 Å². The van der Waals surface area contributed by atoms with Crippen molar-refractivity contribution in [3.8, 4) is 10.7 Å². The summed E-state index contributed by atoms with van der Waals surface area (Å²) in [7, 11) is 0. The number of carbonyl (C=O) groups excluding carboxylic acids is 1. The molecule has 3 rings (SSSR count). The highest BCUT2D eigenvalue weighted by molar-refractivity contribution is 7.99. The lowest BCUT2D eigenvalue weighted by Gasteiger charge is -2.11. The van der Waals surface area contributed by atoms with Gasteiger partial charge in [0.1, 0.15) is 0 Å². The van der Waals surface area contributed by atoms with Crippen LogP contribution in [-0.4, -0.2) is 32.6 Å². The number of hydrogen-bond acceptors (Lipinski definition) is 6. The third-order valence-electron chi connectivity index (χ3n) is 3.46. The first-order chi connectivity index (χ1) is 10.2. The van der Waals surface area contributed by atoms with Crippen molar-refractivity contribution in [2.45, 2.75) is 36.9 Å². The average molecular weight is 323 g/mol. The van der Waals surface area contributed by atoms with Gasteiger partial charge in [-0.2, -0.15) is 0 Å². The quantitative estimate of drug-likeness (QED) is 0.648. The third kappa shape index (κ3) is 3.38. The number of nitrogens with one attached hydrogen (secondary N) is 1. The highest BCUT2D eigenvalue weighted by Gasteiger charge is 2.18. The summed E-state index contributed by atoms with van der Waals surface area (Å²) in [5.41, 5.74) is 0. The van der Waals surface area contributed by atoms with Crippen LogP contribution in [0, 0.1) is 0 Å². The molecule has 8 heteroatoms. The number of aromatic nitrogens is 3. The molecule has 0 radical (unpaired) electrons. The van der Waals surface area contributed by atoms with Crippen molar-refractivity contribution in [1.82, 2.24) is 20.2 Å². The van der Waals surface area contributed by atoms with E-state index in [4.69, 9.17) is 5.84 Å². The van der Waals surface area contributed by atoms with E-state index in [1.54, 1.807) is 11.3 Å². The summed E-state index contributed by atoms with van der Waals surface area (Å²) >= 11 is 2.87. The fourth-order valence-electron chi connectivity index (χ4n) is 2.42. The summed E-state index contributed by atoms with van der Waals surface area (Å²) in [6, 6.07) is 4.23. The third-order valence-corrected chi connectivity index (χ3v) is 5.27. The molecule has 1 amide bonds. The Hall–Kier alpha value is -1.54. The van der Waals surface area contributed by atoms with Crippen LogP contribution in [0.4, 0.5) is 0 Å². The summed E-state index contributed by atoms with van der Waals surface area (Å²) in [4.78, 5) is 12.9. The molecular weight excluding hydrogens is 306 g/mol. The molecule has 0 saturated heterocycles. The number of thioether (sulfide) groups is 1. The van der Waals surface area contributed by atoms with E-state index >= 15 is 0 Å². The Bertz CT molecular complexity index is 604. The van der Waals surface area contributed by atoms with E-state index in [9.17, 15) is 4.79 Å². The lowest BCUT2D eigenvalue weighted by Crippen LogP contribution is -2.34. The van der Waals surface area contributed by atoms with Gasteiger partial charge in [-0.1, -0.05) is 30.7 Å². The maximum absolute atomic E-state index is 11.9. The van der Waals surface area contributed by atoms with Gasteiger partial charge in [0.05, 0.1) is 10.6 Å². The lowest BCUT2D eigenvalue weighted by atomic mass is 10.2. The predicted molar refractivity (Wildman–Crippen MR) is 84.6 cm³/mol. The number of thiophene rings is 1. The maximum atomic E-state index is 11.9. The van der Waals surface area contributed by atoms with Crippen LogP contribution in [0.5, 0.6) is 0 Å². The van der Waals surface area contributed by atoms with E-state index < -0.39 is 0 Å². The van der Waals surface area contributed by atoms with Gasteiger partial charge in [-0.3, -0.25) is 4.79 Å². The van der Waals surface area contributed by atoms with Gasteiger partial charge in [-0.25, -0.2) is 4.68 Å². The van der Waals surface area contributed by atoms with E-state index in [1.165, 1.54) is 29.3 Å². The lowest BCUT2D eigenvalue weighted by molar-refractivity contribution is -0.119. The summed E-state index contributed by atoms with van der Waals surface area (Å²) in [5.74, 6) is 6.97. The molecule has 21 heavy (non-hydrogen) atoms. The van der Waals surface area contributed by atoms with E-state index in [2.05, 4.69) is 15.5 Å². The minimum atomic E-state index is 0.0348. The van der Waals surface area contributed by atoms with Crippen LogP contribution in [0.1, 0.15) is 25.7 Å². The van der Waals surface area contributed by atoms with Gasteiger partial charge >= 0.3 is 0 Å². The molecule has 6 nitrogen and oxygen atoms in total. The topological polar surface area (TPSA) is 85.8 Å². The van der Waals surface area contributed by atoms with Gasteiger partial charge in [0.2, 0.25) is 11.1 Å². The molecule has 1 aliphatic rings. The van der Waals surface area contributed by atoms with Crippen molar-refractivity contribution in [2.75, 3.05) is 11.6 Å². The van der Waals surface area contributed by atoms with Gasteiger partial charge in [-0.15, -0.1) is 21.5 Å². The van der Waals surface area contributed by atoms with Crippen LogP contribution in [0.3, 0.4) is 0 Å². The van der Waals surface area contributed by atoms with Crippen LogP contribution in [-0.2, 0) is 4.79 Å². The summed E-state index contributed by atoms with van der Waals surface area (Å²) in [6.45, 7) is 0. The first-order valence-corrected chi connectivity index (χ1v) is 8.77. The predicted octanol–water partition coefficient (Wildman–Crippen LogP) is 1.87.